The van der Waals surface area contributed by atoms with Crippen LogP contribution in [0.4, 0.5) is 0 Å². The minimum atomic E-state index is -3.42. The summed E-state index contributed by atoms with van der Waals surface area (Å²) in [7, 11) is -3.42. The average Bonchev–Trinajstić information content (AvgIpc) is 3.07. The van der Waals surface area contributed by atoms with Gasteiger partial charge in [-0.25, -0.2) is 13.1 Å². The summed E-state index contributed by atoms with van der Waals surface area (Å²) in [5.41, 5.74) is 6.54. The lowest BCUT2D eigenvalue weighted by Gasteiger charge is -2.11. The largest absolute Gasteiger partial charge is 0.346 e. The molecule has 1 aromatic heterocycles. The van der Waals surface area contributed by atoms with Crippen LogP contribution in [-0.4, -0.2) is 19.5 Å². The maximum atomic E-state index is 12.3. The molecule has 1 aromatic rings. The van der Waals surface area contributed by atoms with Crippen molar-refractivity contribution < 1.29 is 8.42 Å². The van der Waals surface area contributed by atoms with E-state index < -0.39 is 10.0 Å². The molecule has 0 atom stereocenters. The standard InChI is InChI=1S/C15H27N3O2S/c1-12(2)18-11-15(9-14(18)10-16)21(19,20)17-8-7-13-5-3-4-6-13/h9,11-13,17H,3-8,10,16H2,1-2H3. The molecule has 0 bridgehead atoms. The first-order valence-corrected chi connectivity index (χ1v) is 9.33. The van der Waals surface area contributed by atoms with E-state index in [2.05, 4.69) is 4.72 Å². The zero-order chi connectivity index (χ0) is 15.5. The summed E-state index contributed by atoms with van der Waals surface area (Å²) >= 11 is 0. The number of rotatable bonds is 7. The van der Waals surface area contributed by atoms with Gasteiger partial charge >= 0.3 is 0 Å². The number of aromatic nitrogens is 1. The molecule has 0 aliphatic heterocycles. The van der Waals surface area contributed by atoms with Crippen molar-refractivity contribution in [2.24, 2.45) is 11.7 Å². The highest BCUT2D eigenvalue weighted by Crippen LogP contribution is 2.27. The Kier molecular flexibility index (Phi) is 5.46. The lowest BCUT2D eigenvalue weighted by molar-refractivity contribution is 0.495. The Morgan fingerprint density at radius 1 is 1.38 bits per heavy atom. The van der Waals surface area contributed by atoms with Crippen molar-refractivity contribution in [2.75, 3.05) is 6.54 Å². The summed E-state index contributed by atoms with van der Waals surface area (Å²) in [6.07, 6.45) is 7.67. The van der Waals surface area contributed by atoms with Crippen LogP contribution in [0.1, 0.15) is 57.7 Å². The highest BCUT2D eigenvalue weighted by molar-refractivity contribution is 7.89. The summed E-state index contributed by atoms with van der Waals surface area (Å²) in [6.45, 7) is 4.90. The van der Waals surface area contributed by atoms with Gasteiger partial charge in [0.25, 0.3) is 0 Å². The topological polar surface area (TPSA) is 77.1 Å². The number of nitrogens with one attached hydrogen (secondary N) is 1. The second kappa shape index (κ2) is 6.94. The maximum Gasteiger partial charge on any atom is 0.242 e. The fourth-order valence-electron chi connectivity index (χ4n) is 3.07. The zero-order valence-electron chi connectivity index (χ0n) is 13.0. The van der Waals surface area contributed by atoms with Crippen LogP contribution in [0, 0.1) is 5.92 Å². The first-order chi connectivity index (χ1) is 9.94. The Labute approximate surface area is 128 Å². The first-order valence-electron chi connectivity index (χ1n) is 7.84. The molecular weight excluding hydrogens is 286 g/mol. The highest BCUT2D eigenvalue weighted by atomic mass is 32.2. The molecule has 3 N–H and O–H groups in total. The number of nitrogens with two attached hydrogens (primary N) is 1. The van der Waals surface area contributed by atoms with Gasteiger partial charge in [0.15, 0.2) is 0 Å². The maximum absolute atomic E-state index is 12.3. The monoisotopic (exact) mass is 313 g/mol. The molecule has 0 unspecified atom stereocenters. The van der Waals surface area contributed by atoms with Crippen LogP contribution in [0.5, 0.6) is 0 Å². The van der Waals surface area contributed by atoms with Gasteiger partial charge in [0.1, 0.15) is 0 Å². The molecule has 1 fully saturated rings. The van der Waals surface area contributed by atoms with Crippen LogP contribution in [0.2, 0.25) is 0 Å². The molecule has 0 amide bonds. The summed E-state index contributed by atoms with van der Waals surface area (Å²) in [5, 5.41) is 0. The third kappa shape index (κ3) is 4.08. The third-order valence-electron chi connectivity index (χ3n) is 4.30. The van der Waals surface area contributed by atoms with Crippen LogP contribution in [0.25, 0.3) is 0 Å². The van der Waals surface area contributed by atoms with Crippen molar-refractivity contribution in [1.82, 2.24) is 9.29 Å². The van der Waals surface area contributed by atoms with Gasteiger partial charge in [-0.3, -0.25) is 0 Å². The predicted molar refractivity (Wildman–Crippen MR) is 84.5 cm³/mol. The quantitative estimate of drug-likeness (QED) is 0.811. The van der Waals surface area contributed by atoms with Crippen molar-refractivity contribution >= 4 is 10.0 Å². The molecule has 5 nitrogen and oxygen atoms in total. The van der Waals surface area contributed by atoms with Gasteiger partial charge in [0.05, 0.1) is 4.90 Å². The second-order valence-corrected chi connectivity index (χ2v) is 7.98. The second-order valence-electron chi connectivity index (χ2n) is 6.21. The molecular formula is C15H27N3O2S. The van der Waals surface area contributed by atoms with E-state index >= 15 is 0 Å². The molecule has 120 valence electrons. The molecule has 2 rings (SSSR count). The predicted octanol–water partition coefficient (Wildman–Crippen LogP) is 2.39. The molecule has 0 spiro atoms. The van der Waals surface area contributed by atoms with E-state index in [1.54, 1.807) is 12.3 Å². The summed E-state index contributed by atoms with van der Waals surface area (Å²) in [4.78, 5) is 0.322. The van der Waals surface area contributed by atoms with Crippen molar-refractivity contribution in [2.45, 2.75) is 63.4 Å². The molecule has 1 aliphatic carbocycles. The molecule has 0 aromatic carbocycles. The van der Waals surface area contributed by atoms with E-state index in [0.717, 1.165) is 12.1 Å². The van der Waals surface area contributed by atoms with Crippen molar-refractivity contribution in [3.63, 3.8) is 0 Å². The van der Waals surface area contributed by atoms with Gasteiger partial charge in [-0.2, -0.15) is 0 Å². The van der Waals surface area contributed by atoms with E-state index in [4.69, 9.17) is 5.73 Å². The van der Waals surface area contributed by atoms with Crippen molar-refractivity contribution in [1.29, 1.82) is 0 Å². The first kappa shape index (κ1) is 16.5. The lowest BCUT2D eigenvalue weighted by Crippen LogP contribution is -2.25. The Hall–Kier alpha value is -0.850. The minimum Gasteiger partial charge on any atom is -0.346 e. The van der Waals surface area contributed by atoms with E-state index in [1.807, 2.05) is 18.4 Å². The normalized spacial score (nSPS) is 17.0. The number of hydrogen-bond acceptors (Lipinski definition) is 3. The van der Waals surface area contributed by atoms with Crippen LogP contribution < -0.4 is 10.5 Å². The zero-order valence-corrected chi connectivity index (χ0v) is 13.8. The Bertz CT molecular complexity index is 557. The average molecular weight is 313 g/mol. The Morgan fingerprint density at radius 3 is 2.57 bits per heavy atom. The fraction of sp³-hybridized carbons (Fsp3) is 0.733. The molecule has 0 saturated heterocycles. The number of sulfonamides is 1. The van der Waals surface area contributed by atoms with Crippen LogP contribution in [0.15, 0.2) is 17.2 Å². The van der Waals surface area contributed by atoms with Gasteiger partial charge < -0.3 is 10.3 Å². The number of hydrogen-bond donors (Lipinski definition) is 2. The molecule has 21 heavy (non-hydrogen) atoms. The fourth-order valence-corrected chi connectivity index (χ4v) is 4.16. The van der Waals surface area contributed by atoms with Crippen molar-refractivity contribution in [3.05, 3.63) is 18.0 Å². The van der Waals surface area contributed by atoms with Crippen LogP contribution in [-0.2, 0) is 16.6 Å². The summed E-state index contributed by atoms with van der Waals surface area (Å²) < 4.78 is 29.3. The summed E-state index contributed by atoms with van der Waals surface area (Å²) in [5.74, 6) is 0.688. The summed E-state index contributed by atoms with van der Waals surface area (Å²) in [6, 6.07) is 1.88. The SMILES string of the molecule is CC(C)n1cc(S(=O)(=O)NCCC2CCCC2)cc1CN. The van der Waals surface area contributed by atoms with Crippen LogP contribution in [0.3, 0.4) is 0 Å². The van der Waals surface area contributed by atoms with Gasteiger partial charge in [0.2, 0.25) is 10.0 Å². The van der Waals surface area contributed by atoms with E-state index in [9.17, 15) is 8.42 Å². The number of nitrogens with zero attached hydrogens (tertiary/aromatic N) is 1. The molecule has 1 aliphatic rings. The van der Waals surface area contributed by atoms with Gasteiger partial charge in [-0.1, -0.05) is 25.7 Å². The minimum absolute atomic E-state index is 0.200. The molecule has 1 heterocycles. The molecule has 1 saturated carbocycles. The third-order valence-corrected chi connectivity index (χ3v) is 5.73. The van der Waals surface area contributed by atoms with E-state index in [0.29, 0.717) is 23.9 Å². The van der Waals surface area contributed by atoms with Crippen molar-refractivity contribution in [3.8, 4) is 0 Å². The van der Waals surface area contributed by atoms with Crippen LogP contribution >= 0.6 is 0 Å². The van der Waals surface area contributed by atoms with E-state index in [-0.39, 0.29) is 6.04 Å². The highest BCUT2D eigenvalue weighted by Gasteiger charge is 2.20. The van der Waals surface area contributed by atoms with Gasteiger partial charge in [-0.15, -0.1) is 0 Å². The Balaban J connectivity index is 2.01. The smallest absolute Gasteiger partial charge is 0.242 e. The lowest BCUT2D eigenvalue weighted by atomic mass is 10.1. The van der Waals surface area contributed by atoms with E-state index in [1.165, 1.54) is 25.7 Å². The molecule has 0 radical (unpaired) electrons. The van der Waals surface area contributed by atoms with Gasteiger partial charge in [-0.05, 0) is 32.3 Å². The Morgan fingerprint density at radius 2 is 2.05 bits per heavy atom. The molecule has 6 heteroatoms. The van der Waals surface area contributed by atoms with Gasteiger partial charge in [0, 0.05) is 31.0 Å².